The normalized spacial score (nSPS) is 18.2. The second-order valence-corrected chi connectivity index (χ2v) is 4.59. The van der Waals surface area contributed by atoms with Crippen LogP contribution in [0, 0.1) is 0 Å². The molecule has 1 heterocycles. The molecule has 1 fully saturated rings. The van der Waals surface area contributed by atoms with Crippen molar-refractivity contribution < 1.29 is 23.7 Å². The highest BCUT2D eigenvalue weighted by Gasteiger charge is 2.32. The molecular formula is C17H27NO5. The number of benzene rings is 1. The number of carbonyl (C=O) groups excluding carboxylic acids is 1. The van der Waals surface area contributed by atoms with Crippen molar-refractivity contribution in [2.24, 2.45) is 0 Å². The number of esters is 1. The molecule has 0 radical (unpaired) electrons. The van der Waals surface area contributed by atoms with E-state index < -0.39 is 6.04 Å². The lowest BCUT2D eigenvalue weighted by molar-refractivity contribution is -0.154. The van der Waals surface area contributed by atoms with Gasteiger partial charge in [-0.25, -0.2) is 4.79 Å². The first-order chi connectivity index (χ1) is 11.2. The van der Waals surface area contributed by atoms with Crippen LogP contribution in [0.2, 0.25) is 0 Å². The fourth-order valence-electron chi connectivity index (χ4n) is 2.10. The molecule has 1 N–H and O–H groups in total. The van der Waals surface area contributed by atoms with Crippen molar-refractivity contribution in [2.45, 2.75) is 32.9 Å². The van der Waals surface area contributed by atoms with E-state index in [0.29, 0.717) is 26.4 Å². The molecule has 2 unspecified atom stereocenters. The maximum atomic E-state index is 12.1. The smallest absolute Gasteiger partial charge is 0.331 e. The minimum absolute atomic E-state index is 0.327. The summed E-state index contributed by atoms with van der Waals surface area (Å²) >= 11 is 0. The number of rotatable bonds is 6. The van der Waals surface area contributed by atoms with Crippen LogP contribution in [0.3, 0.4) is 0 Å². The lowest BCUT2D eigenvalue weighted by atomic mass is 10.1. The third-order valence-corrected chi connectivity index (χ3v) is 3.17. The molecule has 1 saturated heterocycles. The SMILES string of the molecule is CC.CCOC(=O)C(Nc1ccc(OC)cc1)C1COCCO1. The summed E-state index contributed by atoms with van der Waals surface area (Å²) in [4.78, 5) is 12.1. The molecule has 2 atom stereocenters. The maximum Gasteiger partial charge on any atom is 0.331 e. The highest BCUT2D eigenvalue weighted by atomic mass is 16.6. The van der Waals surface area contributed by atoms with Gasteiger partial charge in [0.25, 0.3) is 0 Å². The molecule has 23 heavy (non-hydrogen) atoms. The van der Waals surface area contributed by atoms with Gasteiger partial charge in [-0.15, -0.1) is 0 Å². The van der Waals surface area contributed by atoms with Crippen molar-refractivity contribution in [3.05, 3.63) is 24.3 Å². The molecule has 0 aliphatic carbocycles. The lowest BCUT2D eigenvalue weighted by Gasteiger charge is -2.30. The topological polar surface area (TPSA) is 66.0 Å². The van der Waals surface area contributed by atoms with Crippen LogP contribution in [-0.2, 0) is 19.0 Å². The van der Waals surface area contributed by atoms with E-state index in [2.05, 4.69) is 5.32 Å². The zero-order chi connectivity index (χ0) is 17.1. The quantitative estimate of drug-likeness (QED) is 0.811. The number of anilines is 1. The van der Waals surface area contributed by atoms with Crippen molar-refractivity contribution >= 4 is 11.7 Å². The highest BCUT2D eigenvalue weighted by molar-refractivity contribution is 5.80. The molecule has 0 saturated carbocycles. The highest BCUT2D eigenvalue weighted by Crippen LogP contribution is 2.18. The number of hydrogen-bond acceptors (Lipinski definition) is 6. The number of hydrogen-bond donors (Lipinski definition) is 1. The van der Waals surface area contributed by atoms with Gasteiger partial charge in [-0.05, 0) is 31.2 Å². The summed E-state index contributed by atoms with van der Waals surface area (Å²) in [5, 5.41) is 3.15. The van der Waals surface area contributed by atoms with Crippen LogP contribution in [0.25, 0.3) is 0 Å². The maximum absolute atomic E-state index is 12.1. The summed E-state index contributed by atoms with van der Waals surface area (Å²) in [5.74, 6) is 0.411. The molecule has 0 spiro atoms. The molecule has 1 aliphatic rings. The van der Waals surface area contributed by atoms with Crippen LogP contribution < -0.4 is 10.1 Å². The largest absolute Gasteiger partial charge is 0.497 e. The predicted octanol–water partition coefficient (Wildman–Crippen LogP) is 2.48. The Kier molecular flexibility index (Phi) is 9.09. The van der Waals surface area contributed by atoms with Crippen molar-refractivity contribution in [3.63, 3.8) is 0 Å². The molecule has 0 aromatic heterocycles. The average molecular weight is 325 g/mol. The second-order valence-electron chi connectivity index (χ2n) is 4.59. The van der Waals surface area contributed by atoms with Gasteiger partial charge in [-0.3, -0.25) is 0 Å². The molecule has 0 amide bonds. The molecule has 6 nitrogen and oxygen atoms in total. The van der Waals surface area contributed by atoms with Crippen LogP contribution in [0.5, 0.6) is 5.75 Å². The lowest BCUT2D eigenvalue weighted by Crippen LogP contribution is -2.48. The fourth-order valence-corrected chi connectivity index (χ4v) is 2.10. The summed E-state index contributed by atoms with van der Waals surface area (Å²) in [5.41, 5.74) is 0.794. The Hall–Kier alpha value is -1.79. The van der Waals surface area contributed by atoms with Crippen LogP contribution in [-0.4, -0.2) is 51.7 Å². The summed E-state index contributed by atoms with van der Waals surface area (Å²) in [6.45, 7) is 7.50. The minimum Gasteiger partial charge on any atom is -0.497 e. The Morgan fingerprint density at radius 1 is 1.30 bits per heavy atom. The van der Waals surface area contributed by atoms with E-state index in [1.807, 2.05) is 38.1 Å². The van der Waals surface area contributed by atoms with Crippen LogP contribution in [0.1, 0.15) is 20.8 Å². The number of nitrogens with one attached hydrogen (secondary N) is 1. The Balaban J connectivity index is 0.00000127. The zero-order valence-corrected chi connectivity index (χ0v) is 14.3. The number of methoxy groups -OCH3 is 1. The molecule has 6 heteroatoms. The van der Waals surface area contributed by atoms with Gasteiger partial charge in [0.05, 0.1) is 33.5 Å². The minimum atomic E-state index is -0.598. The van der Waals surface area contributed by atoms with E-state index in [-0.39, 0.29) is 12.1 Å². The summed E-state index contributed by atoms with van der Waals surface area (Å²) in [6.07, 6.45) is -0.361. The number of carbonyl (C=O) groups is 1. The molecule has 130 valence electrons. The Morgan fingerprint density at radius 2 is 2.00 bits per heavy atom. The predicted molar refractivity (Wildman–Crippen MR) is 88.9 cm³/mol. The van der Waals surface area contributed by atoms with Crippen molar-refractivity contribution in [3.8, 4) is 5.75 Å². The zero-order valence-electron chi connectivity index (χ0n) is 14.3. The van der Waals surface area contributed by atoms with Crippen molar-refractivity contribution in [1.82, 2.24) is 0 Å². The van der Waals surface area contributed by atoms with Crippen molar-refractivity contribution in [1.29, 1.82) is 0 Å². The Morgan fingerprint density at radius 3 is 2.52 bits per heavy atom. The van der Waals surface area contributed by atoms with Gasteiger partial charge >= 0.3 is 5.97 Å². The summed E-state index contributed by atoms with van der Waals surface area (Å²) in [6, 6.07) is 6.73. The second kappa shape index (κ2) is 10.9. The van der Waals surface area contributed by atoms with Gasteiger partial charge in [0.2, 0.25) is 0 Å². The summed E-state index contributed by atoms with van der Waals surface area (Å²) < 4.78 is 21.2. The van der Waals surface area contributed by atoms with E-state index in [4.69, 9.17) is 18.9 Å². The van der Waals surface area contributed by atoms with Crippen LogP contribution in [0.4, 0.5) is 5.69 Å². The molecule has 2 rings (SSSR count). The third-order valence-electron chi connectivity index (χ3n) is 3.17. The number of ether oxygens (including phenoxy) is 4. The van der Waals surface area contributed by atoms with Gasteiger partial charge in [0.15, 0.2) is 6.04 Å². The summed E-state index contributed by atoms with van der Waals surface area (Å²) in [7, 11) is 1.61. The standard InChI is InChI=1S/C15H21NO5.C2H6/c1-3-20-15(17)14(13-10-19-8-9-21-13)16-11-4-6-12(18-2)7-5-11;1-2/h4-7,13-14,16H,3,8-10H2,1-2H3;1-2H3. The monoisotopic (exact) mass is 325 g/mol. The average Bonchev–Trinajstić information content (AvgIpc) is 2.63. The molecule has 1 aromatic carbocycles. The Labute approximate surface area is 138 Å². The third kappa shape index (κ3) is 6.08. The van der Waals surface area contributed by atoms with Crippen LogP contribution in [0.15, 0.2) is 24.3 Å². The molecule has 0 bridgehead atoms. The molecule has 1 aliphatic heterocycles. The van der Waals surface area contributed by atoms with E-state index in [1.165, 1.54) is 0 Å². The van der Waals surface area contributed by atoms with Gasteiger partial charge in [-0.1, -0.05) is 13.8 Å². The van der Waals surface area contributed by atoms with Gasteiger partial charge in [0, 0.05) is 5.69 Å². The van der Waals surface area contributed by atoms with E-state index in [1.54, 1.807) is 14.0 Å². The first-order valence-electron chi connectivity index (χ1n) is 8.01. The fraction of sp³-hybridized carbons (Fsp3) is 0.588. The Bertz CT molecular complexity index is 443. The van der Waals surface area contributed by atoms with E-state index in [9.17, 15) is 4.79 Å². The molecule has 1 aromatic rings. The first-order valence-corrected chi connectivity index (χ1v) is 8.01. The van der Waals surface area contributed by atoms with Crippen molar-refractivity contribution in [2.75, 3.05) is 38.9 Å². The van der Waals surface area contributed by atoms with Gasteiger partial charge in [-0.2, -0.15) is 0 Å². The van der Waals surface area contributed by atoms with E-state index in [0.717, 1.165) is 11.4 Å². The van der Waals surface area contributed by atoms with E-state index >= 15 is 0 Å². The van der Waals surface area contributed by atoms with Gasteiger partial charge < -0.3 is 24.3 Å². The van der Waals surface area contributed by atoms with Crippen LogP contribution >= 0.6 is 0 Å². The molecular weight excluding hydrogens is 298 g/mol. The van der Waals surface area contributed by atoms with Gasteiger partial charge in [0.1, 0.15) is 11.9 Å². The first kappa shape index (κ1) is 19.3.